The highest BCUT2D eigenvalue weighted by molar-refractivity contribution is 7.16. The van der Waals surface area contributed by atoms with Gasteiger partial charge in [-0.2, -0.15) is 4.99 Å². The Kier molecular flexibility index (Phi) is 4.57. The minimum absolute atomic E-state index is 0.185. The van der Waals surface area contributed by atoms with Crippen molar-refractivity contribution in [3.05, 3.63) is 46.8 Å². The molecule has 4 rings (SSSR count). The summed E-state index contributed by atoms with van der Waals surface area (Å²) < 4.78 is 18.8. The molecule has 7 heteroatoms. The molecule has 0 radical (unpaired) electrons. The van der Waals surface area contributed by atoms with Gasteiger partial charge < -0.3 is 18.8 Å². The van der Waals surface area contributed by atoms with Gasteiger partial charge in [-0.15, -0.1) is 6.42 Å². The van der Waals surface area contributed by atoms with Crippen molar-refractivity contribution in [3.8, 4) is 29.6 Å². The highest BCUT2D eigenvalue weighted by atomic mass is 32.1. The van der Waals surface area contributed by atoms with Crippen LogP contribution in [0.1, 0.15) is 5.56 Å². The van der Waals surface area contributed by atoms with Crippen molar-refractivity contribution >= 4 is 27.5 Å². The standard InChI is InChI=1S/C20H16N2O4S/c1-3-7-22-15-10-16-17(26-12-25-16)11-18(15)27-20(22)21-19(23)9-13-5-4-6-14(8-13)24-2/h1,4-6,8,10-11H,7,9,12H2,2H3. The van der Waals surface area contributed by atoms with Crippen LogP contribution in [0.2, 0.25) is 0 Å². The van der Waals surface area contributed by atoms with Crippen molar-refractivity contribution in [2.45, 2.75) is 13.0 Å². The lowest BCUT2D eigenvalue weighted by atomic mass is 10.1. The lowest BCUT2D eigenvalue weighted by molar-refractivity contribution is -0.117. The first-order valence-corrected chi connectivity index (χ1v) is 9.06. The molecule has 0 saturated heterocycles. The Hall–Kier alpha value is -3.24. The fourth-order valence-electron chi connectivity index (χ4n) is 2.89. The van der Waals surface area contributed by atoms with Gasteiger partial charge in [0.25, 0.3) is 5.91 Å². The number of nitrogens with zero attached hydrogens (tertiary/aromatic N) is 2. The third kappa shape index (κ3) is 3.39. The maximum absolute atomic E-state index is 12.5. The predicted molar refractivity (Wildman–Crippen MR) is 102 cm³/mol. The predicted octanol–water partition coefficient (Wildman–Crippen LogP) is 2.74. The molecule has 0 fully saturated rings. The summed E-state index contributed by atoms with van der Waals surface area (Å²) in [7, 11) is 1.59. The van der Waals surface area contributed by atoms with Crippen LogP contribution in [-0.4, -0.2) is 24.4 Å². The van der Waals surface area contributed by atoms with Crippen molar-refractivity contribution < 1.29 is 19.0 Å². The van der Waals surface area contributed by atoms with Gasteiger partial charge in [-0.3, -0.25) is 4.79 Å². The van der Waals surface area contributed by atoms with E-state index in [-0.39, 0.29) is 19.1 Å². The number of carbonyl (C=O) groups excluding carboxylic acids is 1. The Labute approximate surface area is 159 Å². The first-order chi connectivity index (χ1) is 13.2. The van der Waals surface area contributed by atoms with Gasteiger partial charge >= 0.3 is 0 Å². The van der Waals surface area contributed by atoms with Crippen LogP contribution in [0.25, 0.3) is 10.2 Å². The van der Waals surface area contributed by atoms with E-state index in [0.29, 0.717) is 28.6 Å². The summed E-state index contributed by atoms with van der Waals surface area (Å²) in [5.41, 5.74) is 1.71. The van der Waals surface area contributed by atoms with E-state index in [1.54, 1.807) is 7.11 Å². The van der Waals surface area contributed by atoms with Gasteiger partial charge in [-0.25, -0.2) is 0 Å². The fourth-order valence-corrected chi connectivity index (χ4v) is 3.95. The molecule has 3 aromatic rings. The average Bonchev–Trinajstić information content (AvgIpc) is 3.24. The van der Waals surface area contributed by atoms with E-state index in [0.717, 1.165) is 15.8 Å². The molecular weight excluding hydrogens is 364 g/mol. The summed E-state index contributed by atoms with van der Waals surface area (Å²) in [5, 5.41) is 0. The van der Waals surface area contributed by atoms with E-state index >= 15 is 0 Å². The maximum atomic E-state index is 12.5. The Bertz CT molecular complexity index is 1140. The normalized spacial score (nSPS) is 13.0. The number of ether oxygens (including phenoxy) is 3. The molecule has 0 atom stereocenters. The number of hydrogen-bond acceptors (Lipinski definition) is 5. The van der Waals surface area contributed by atoms with Crippen LogP contribution >= 0.6 is 11.3 Å². The van der Waals surface area contributed by atoms with E-state index in [9.17, 15) is 4.79 Å². The van der Waals surface area contributed by atoms with Crippen LogP contribution in [0.4, 0.5) is 0 Å². The van der Waals surface area contributed by atoms with Gasteiger partial charge in [0.1, 0.15) is 5.75 Å². The highest BCUT2D eigenvalue weighted by Crippen LogP contribution is 2.36. The van der Waals surface area contributed by atoms with Crippen LogP contribution in [-0.2, 0) is 17.8 Å². The fraction of sp³-hybridized carbons (Fsp3) is 0.200. The van der Waals surface area contributed by atoms with Crippen LogP contribution in [0, 0.1) is 12.3 Å². The lowest BCUT2D eigenvalue weighted by Gasteiger charge is -2.02. The number of amides is 1. The smallest absolute Gasteiger partial charge is 0.252 e. The van der Waals surface area contributed by atoms with Crippen molar-refractivity contribution in [2.24, 2.45) is 4.99 Å². The number of carbonyl (C=O) groups is 1. The van der Waals surface area contributed by atoms with E-state index < -0.39 is 0 Å². The largest absolute Gasteiger partial charge is 0.497 e. The van der Waals surface area contributed by atoms with Crippen LogP contribution in [0.15, 0.2) is 41.4 Å². The molecule has 27 heavy (non-hydrogen) atoms. The van der Waals surface area contributed by atoms with Gasteiger partial charge in [0, 0.05) is 12.1 Å². The number of rotatable bonds is 4. The molecule has 1 aromatic heterocycles. The molecule has 2 heterocycles. The SMILES string of the molecule is C#CCn1c(=NC(=O)Cc2cccc(OC)c2)sc2cc3c(cc21)OCO3. The minimum Gasteiger partial charge on any atom is -0.497 e. The summed E-state index contributed by atoms with van der Waals surface area (Å²) >= 11 is 1.40. The van der Waals surface area contributed by atoms with Gasteiger partial charge in [0.15, 0.2) is 16.3 Å². The second-order valence-corrected chi connectivity index (χ2v) is 6.89. The second-order valence-electron chi connectivity index (χ2n) is 5.88. The van der Waals surface area contributed by atoms with Gasteiger partial charge in [-0.05, 0) is 17.7 Å². The number of aromatic nitrogens is 1. The van der Waals surface area contributed by atoms with Crippen molar-refractivity contribution in [1.82, 2.24) is 4.57 Å². The van der Waals surface area contributed by atoms with E-state index in [1.807, 2.05) is 41.0 Å². The molecule has 1 aliphatic heterocycles. The molecule has 0 aliphatic carbocycles. The monoisotopic (exact) mass is 380 g/mol. The molecule has 0 spiro atoms. The van der Waals surface area contributed by atoms with Crippen LogP contribution in [0.5, 0.6) is 17.2 Å². The minimum atomic E-state index is -0.249. The third-order valence-electron chi connectivity index (χ3n) is 4.14. The summed E-state index contributed by atoms with van der Waals surface area (Å²) in [6, 6.07) is 11.1. The van der Waals surface area contributed by atoms with Gasteiger partial charge in [0.2, 0.25) is 6.79 Å². The van der Waals surface area contributed by atoms with E-state index in [4.69, 9.17) is 20.6 Å². The number of terminal acetylenes is 1. The highest BCUT2D eigenvalue weighted by Gasteiger charge is 2.17. The zero-order valence-corrected chi connectivity index (χ0v) is 15.4. The number of thiazole rings is 1. The lowest BCUT2D eigenvalue weighted by Crippen LogP contribution is -2.17. The molecule has 0 N–H and O–H groups in total. The Morgan fingerprint density at radius 2 is 2.15 bits per heavy atom. The van der Waals surface area contributed by atoms with Crippen molar-refractivity contribution in [1.29, 1.82) is 0 Å². The van der Waals surface area contributed by atoms with Crippen molar-refractivity contribution in [2.75, 3.05) is 13.9 Å². The molecule has 6 nitrogen and oxygen atoms in total. The molecule has 1 amide bonds. The number of hydrogen-bond donors (Lipinski definition) is 0. The number of fused-ring (bicyclic) bond motifs is 2. The summed E-state index contributed by atoms with van der Waals surface area (Å²) in [5.74, 6) is 4.43. The van der Waals surface area contributed by atoms with Gasteiger partial charge in [-0.1, -0.05) is 29.4 Å². The van der Waals surface area contributed by atoms with Crippen molar-refractivity contribution in [3.63, 3.8) is 0 Å². The molecule has 1 aliphatic rings. The summed E-state index contributed by atoms with van der Waals surface area (Å²) in [6.45, 7) is 0.517. The van der Waals surface area contributed by atoms with E-state index in [1.165, 1.54) is 11.3 Å². The number of methoxy groups -OCH3 is 1. The average molecular weight is 380 g/mol. The van der Waals surface area contributed by atoms with E-state index in [2.05, 4.69) is 10.9 Å². The second kappa shape index (κ2) is 7.17. The quantitative estimate of drug-likeness (QED) is 0.653. The molecule has 136 valence electrons. The Morgan fingerprint density at radius 1 is 1.33 bits per heavy atom. The number of benzene rings is 2. The van der Waals surface area contributed by atoms with Crippen LogP contribution < -0.4 is 19.0 Å². The third-order valence-corrected chi connectivity index (χ3v) is 5.18. The first-order valence-electron chi connectivity index (χ1n) is 8.25. The summed E-state index contributed by atoms with van der Waals surface area (Å²) in [4.78, 5) is 17.3. The molecule has 0 saturated carbocycles. The van der Waals surface area contributed by atoms with Crippen LogP contribution in [0.3, 0.4) is 0 Å². The topological polar surface area (TPSA) is 62.1 Å². The zero-order chi connectivity index (χ0) is 18.8. The first kappa shape index (κ1) is 17.2. The molecule has 2 aromatic carbocycles. The zero-order valence-electron chi connectivity index (χ0n) is 14.6. The molecular formula is C20H16N2O4S. The summed E-state index contributed by atoms with van der Waals surface area (Å²) in [6.07, 6.45) is 5.70. The Balaban J connectivity index is 1.72. The van der Waals surface area contributed by atoms with Gasteiger partial charge in [0.05, 0.1) is 30.3 Å². The molecule has 0 bridgehead atoms. The molecule has 0 unspecified atom stereocenters. The Morgan fingerprint density at radius 3 is 2.93 bits per heavy atom. The maximum Gasteiger partial charge on any atom is 0.252 e.